The summed E-state index contributed by atoms with van der Waals surface area (Å²) >= 11 is 1.31. The van der Waals surface area contributed by atoms with Gasteiger partial charge in [-0.3, -0.25) is 14.2 Å². The lowest BCUT2D eigenvalue weighted by Crippen LogP contribution is -2.32. The van der Waals surface area contributed by atoms with Crippen molar-refractivity contribution in [3.8, 4) is 5.69 Å². The zero-order chi connectivity index (χ0) is 20.3. The van der Waals surface area contributed by atoms with Gasteiger partial charge in [0.05, 0.1) is 21.8 Å². The molecule has 0 saturated heterocycles. The van der Waals surface area contributed by atoms with Gasteiger partial charge in [0.1, 0.15) is 0 Å². The van der Waals surface area contributed by atoms with Crippen LogP contribution in [0.25, 0.3) is 16.6 Å². The third-order valence-corrected chi connectivity index (χ3v) is 5.59. The number of para-hydroxylation sites is 1. The summed E-state index contributed by atoms with van der Waals surface area (Å²) < 4.78 is 1.63. The molecule has 0 aliphatic carbocycles. The summed E-state index contributed by atoms with van der Waals surface area (Å²) in [6.45, 7) is 8.49. The zero-order valence-corrected chi connectivity index (χ0v) is 17.5. The van der Waals surface area contributed by atoms with Gasteiger partial charge in [0.15, 0.2) is 5.16 Å². The number of carbonyl (C=O) groups is 1. The second-order valence-corrected chi connectivity index (χ2v) is 8.20. The van der Waals surface area contributed by atoms with Crippen LogP contribution in [0.1, 0.15) is 31.4 Å². The molecule has 1 amide bonds. The standard InChI is InChI=1S/C22H25N3O2S/c1-5-12-23-20(26)16(4)28-22-24-18-9-7-6-8-17(18)21(27)25(22)19-11-10-14(2)13-15(19)3/h6-11,13,16H,5,12H2,1-4H3,(H,23,26). The van der Waals surface area contributed by atoms with Crippen LogP contribution in [0.4, 0.5) is 0 Å². The largest absolute Gasteiger partial charge is 0.355 e. The molecule has 3 aromatic rings. The Balaban J connectivity index is 2.15. The maximum Gasteiger partial charge on any atom is 0.266 e. The summed E-state index contributed by atoms with van der Waals surface area (Å²) in [4.78, 5) is 30.4. The minimum atomic E-state index is -0.364. The fourth-order valence-corrected chi connectivity index (χ4v) is 4.01. The Morgan fingerprint density at radius 1 is 1.21 bits per heavy atom. The number of fused-ring (bicyclic) bond motifs is 1. The van der Waals surface area contributed by atoms with Crippen molar-refractivity contribution in [1.29, 1.82) is 0 Å². The van der Waals surface area contributed by atoms with E-state index in [1.165, 1.54) is 11.8 Å². The Kier molecular flexibility index (Phi) is 6.19. The third kappa shape index (κ3) is 4.12. The minimum Gasteiger partial charge on any atom is -0.355 e. The van der Waals surface area contributed by atoms with Gasteiger partial charge in [-0.25, -0.2) is 4.98 Å². The number of rotatable bonds is 6. The van der Waals surface area contributed by atoms with Gasteiger partial charge < -0.3 is 5.32 Å². The molecule has 28 heavy (non-hydrogen) atoms. The van der Waals surface area contributed by atoms with E-state index in [4.69, 9.17) is 4.98 Å². The molecular formula is C22H25N3O2S. The second-order valence-electron chi connectivity index (χ2n) is 6.89. The molecule has 146 valence electrons. The highest BCUT2D eigenvalue weighted by Crippen LogP contribution is 2.26. The number of aromatic nitrogens is 2. The van der Waals surface area contributed by atoms with E-state index >= 15 is 0 Å². The predicted octanol–water partition coefficient (Wildman–Crippen LogP) is 4.01. The lowest BCUT2D eigenvalue weighted by Gasteiger charge is -2.18. The molecule has 6 heteroatoms. The topological polar surface area (TPSA) is 64.0 Å². The van der Waals surface area contributed by atoms with Gasteiger partial charge in [-0.15, -0.1) is 0 Å². The van der Waals surface area contributed by atoms with E-state index in [2.05, 4.69) is 5.32 Å². The molecule has 0 bridgehead atoms. The molecule has 1 aromatic heterocycles. The van der Waals surface area contributed by atoms with E-state index in [0.717, 1.165) is 23.2 Å². The molecule has 3 rings (SSSR count). The Morgan fingerprint density at radius 3 is 2.68 bits per heavy atom. The summed E-state index contributed by atoms with van der Waals surface area (Å²) in [7, 11) is 0. The first-order valence-electron chi connectivity index (χ1n) is 9.46. The van der Waals surface area contributed by atoms with Crippen LogP contribution in [0.15, 0.2) is 52.4 Å². The normalized spacial score (nSPS) is 12.1. The lowest BCUT2D eigenvalue weighted by atomic mass is 10.1. The number of amides is 1. The van der Waals surface area contributed by atoms with Crippen LogP contribution in [0.3, 0.4) is 0 Å². The van der Waals surface area contributed by atoms with Crippen molar-refractivity contribution in [1.82, 2.24) is 14.9 Å². The Labute approximate surface area is 169 Å². The molecule has 0 spiro atoms. The number of benzene rings is 2. The fraction of sp³-hybridized carbons (Fsp3) is 0.318. The van der Waals surface area contributed by atoms with Crippen molar-refractivity contribution in [2.24, 2.45) is 0 Å². The number of hydrogen-bond donors (Lipinski definition) is 1. The Hall–Kier alpha value is -2.60. The lowest BCUT2D eigenvalue weighted by molar-refractivity contribution is -0.120. The first kappa shape index (κ1) is 20.1. The second kappa shape index (κ2) is 8.61. The molecule has 1 heterocycles. The van der Waals surface area contributed by atoms with Gasteiger partial charge in [-0.2, -0.15) is 0 Å². The number of hydrogen-bond acceptors (Lipinski definition) is 4. The average molecular weight is 396 g/mol. The zero-order valence-electron chi connectivity index (χ0n) is 16.7. The predicted molar refractivity (Wildman–Crippen MR) is 115 cm³/mol. The maximum atomic E-state index is 13.3. The first-order chi connectivity index (χ1) is 13.4. The number of carbonyl (C=O) groups excluding carboxylic acids is 1. The molecule has 1 N–H and O–H groups in total. The van der Waals surface area contributed by atoms with Crippen LogP contribution in [0.2, 0.25) is 0 Å². The van der Waals surface area contributed by atoms with Gasteiger partial charge in [0.25, 0.3) is 5.56 Å². The van der Waals surface area contributed by atoms with E-state index in [1.54, 1.807) is 10.6 Å². The number of aryl methyl sites for hydroxylation is 2. The SMILES string of the molecule is CCCNC(=O)C(C)Sc1nc2ccccc2c(=O)n1-c1ccc(C)cc1C. The summed E-state index contributed by atoms with van der Waals surface area (Å²) in [5, 5.41) is 3.63. The van der Waals surface area contributed by atoms with Crippen molar-refractivity contribution in [2.75, 3.05) is 6.54 Å². The maximum absolute atomic E-state index is 13.3. The van der Waals surface area contributed by atoms with Crippen LogP contribution >= 0.6 is 11.8 Å². The van der Waals surface area contributed by atoms with Gasteiger partial charge in [-0.05, 0) is 51.0 Å². The van der Waals surface area contributed by atoms with Crippen LogP contribution in [0.5, 0.6) is 0 Å². The monoisotopic (exact) mass is 395 g/mol. The summed E-state index contributed by atoms with van der Waals surface area (Å²) in [5.41, 5.74) is 3.42. The molecule has 0 saturated carbocycles. The molecule has 5 nitrogen and oxygen atoms in total. The van der Waals surface area contributed by atoms with Gasteiger partial charge in [0.2, 0.25) is 5.91 Å². The molecule has 2 aromatic carbocycles. The highest BCUT2D eigenvalue weighted by Gasteiger charge is 2.20. The summed E-state index contributed by atoms with van der Waals surface area (Å²) in [6, 6.07) is 13.3. The fourth-order valence-electron chi connectivity index (χ4n) is 3.06. The van der Waals surface area contributed by atoms with Gasteiger partial charge in [-0.1, -0.05) is 48.5 Å². The van der Waals surface area contributed by atoms with Crippen molar-refractivity contribution in [2.45, 2.75) is 44.5 Å². The van der Waals surface area contributed by atoms with Crippen LogP contribution in [0, 0.1) is 13.8 Å². The molecule has 1 atom stereocenters. The Morgan fingerprint density at radius 2 is 1.96 bits per heavy atom. The van der Waals surface area contributed by atoms with Crippen molar-refractivity contribution >= 4 is 28.6 Å². The minimum absolute atomic E-state index is 0.0542. The molecule has 0 aliphatic rings. The summed E-state index contributed by atoms with van der Waals surface area (Å²) in [5.74, 6) is -0.0542. The number of nitrogens with zero attached hydrogens (tertiary/aromatic N) is 2. The average Bonchev–Trinajstić information content (AvgIpc) is 2.67. The third-order valence-electron chi connectivity index (χ3n) is 4.54. The quantitative estimate of drug-likeness (QED) is 0.506. The smallest absolute Gasteiger partial charge is 0.266 e. The van der Waals surface area contributed by atoms with Crippen molar-refractivity contribution < 1.29 is 4.79 Å². The van der Waals surface area contributed by atoms with Crippen LogP contribution < -0.4 is 10.9 Å². The number of nitrogens with one attached hydrogen (secondary N) is 1. The molecule has 0 aliphatic heterocycles. The van der Waals surface area contributed by atoms with Crippen molar-refractivity contribution in [3.05, 3.63) is 63.9 Å². The molecule has 1 unspecified atom stereocenters. The van der Waals surface area contributed by atoms with Crippen LogP contribution in [-0.2, 0) is 4.79 Å². The summed E-state index contributed by atoms with van der Waals surface area (Å²) in [6.07, 6.45) is 0.880. The van der Waals surface area contributed by atoms with E-state index in [9.17, 15) is 9.59 Å². The Bertz CT molecular complexity index is 1080. The molecular weight excluding hydrogens is 370 g/mol. The molecule has 0 radical (unpaired) electrons. The highest BCUT2D eigenvalue weighted by molar-refractivity contribution is 8.00. The van der Waals surface area contributed by atoms with Crippen molar-refractivity contribution in [3.63, 3.8) is 0 Å². The van der Waals surface area contributed by atoms with E-state index in [0.29, 0.717) is 22.6 Å². The highest BCUT2D eigenvalue weighted by atomic mass is 32.2. The van der Waals surface area contributed by atoms with E-state index < -0.39 is 0 Å². The van der Waals surface area contributed by atoms with Gasteiger partial charge >= 0.3 is 0 Å². The van der Waals surface area contributed by atoms with Gasteiger partial charge in [0, 0.05) is 6.54 Å². The first-order valence-corrected chi connectivity index (χ1v) is 10.3. The molecule has 0 fully saturated rings. The number of thioether (sulfide) groups is 1. The van der Waals surface area contributed by atoms with E-state index in [-0.39, 0.29) is 16.7 Å². The van der Waals surface area contributed by atoms with Crippen LogP contribution in [-0.4, -0.2) is 27.3 Å². The van der Waals surface area contributed by atoms with E-state index in [1.807, 2.05) is 64.1 Å².